The Morgan fingerprint density at radius 3 is 2.25 bits per heavy atom. The van der Waals surface area contributed by atoms with Gasteiger partial charge in [0.05, 0.1) is 0 Å². The summed E-state index contributed by atoms with van der Waals surface area (Å²) in [7, 11) is 2.15. The van der Waals surface area contributed by atoms with Gasteiger partial charge in [0.15, 0.2) is 0 Å². The highest BCUT2D eigenvalue weighted by molar-refractivity contribution is 7.09. The second-order valence-corrected chi connectivity index (χ2v) is 6.60. The van der Waals surface area contributed by atoms with Crippen LogP contribution >= 0.6 is 11.3 Å². The SMILES string of the molecule is CC(C)c1ccc(C(CN)N(C)Cc2cccs2)cc1. The van der Waals surface area contributed by atoms with E-state index >= 15 is 0 Å². The maximum Gasteiger partial charge on any atom is 0.0471 e. The summed E-state index contributed by atoms with van der Waals surface area (Å²) in [6.07, 6.45) is 0. The zero-order chi connectivity index (χ0) is 14.5. The van der Waals surface area contributed by atoms with Gasteiger partial charge in [-0.15, -0.1) is 11.3 Å². The average Bonchev–Trinajstić information content (AvgIpc) is 2.93. The molecular formula is C17H24N2S. The molecule has 1 unspecified atom stereocenters. The number of benzene rings is 1. The first-order valence-corrected chi connectivity index (χ1v) is 8.02. The van der Waals surface area contributed by atoms with Crippen LogP contribution in [-0.4, -0.2) is 18.5 Å². The highest BCUT2D eigenvalue weighted by Crippen LogP contribution is 2.24. The molecule has 2 aromatic rings. The van der Waals surface area contributed by atoms with Crippen molar-refractivity contribution in [1.82, 2.24) is 4.90 Å². The molecule has 1 heterocycles. The van der Waals surface area contributed by atoms with Crippen molar-refractivity contribution in [3.63, 3.8) is 0 Å². The molecule has 2 N–H and O–H groups in total. The molecule has 0 radical (unpaired) electrons. The molecule has 3 heteroatoms. The van der Waals surface area contributed by atoms with Crippen molar-refractivity contribution >= 4 is 11.3 Å². The number of hydrogen-bond donors (Lipinski definition) is 1. The average molecular weight is 288 g/mol. The van der Waals surface area contributed by atoms with Crippen molar-refractivity contribution in [2.75, 3.05) is 13.6 Å². The fraction of sp³-hybridized carbons (Fsp3) is 0.412. The minimum atomic E-state index is 0.276. The smallest absolute Gasteiger partial charge is 0.0471 e. The van der Waals surface area contributed by atoms with Gasteiger partial charge in [0.2, 0.25) is 0 Å². The molecule has 2 rings (SSSR count). The van der Waals surface area contributed by atoms with E-state index in [2.05, 4.69) is 67.6 Å². The van der Waals surface area contributed by atoms with Crippen LogP contribution in [0, 0.1) is 0 Å². The molecule has 1 aromatic heterocycles. The Kier molecular flexibility index (Phi) is 5.35. The molecule has 0 saturated heterocycles. The maximum atomic E-state index is 5.99. The Morgan fingerprint density at radius 2 is 1.75 bits per heavy atom. The van der Waals surface area contributed by atoms with E-state index in [1.165, 1.54) is 16.0 Å². The predicted octanol–water partition coefficient (Wildman–Crippen LogP) is 4.00. The number of rotatable bonds is 6. The second-order valence-electron chi connectivity index (χ2n) is 5.57. The van der Waals surface area contributed by atoms with Crippen molar-refractivity contribution in [2.24, 2.45) is 5.73 Å². The third kappa shape index (κ3) is 3.69. The Hall–Kier alpha value is -1.16. The molecular weight excluding hydrogens is 264 g/mol. The normalized spacial score (nSPS) is 13.1. The summed E-state index contributed by atoms with van der Waals surface area (Å²) < 4.78 is 0. The summed E-state index contributed by atoms with van der Waals surface area (Å²) >= 11 is 1.80. The van der Waals surface area contributed by atoms with Gasteiger partial charge in [0, 0.05) is 24.0 Å². The highest BCUT2D eigenvalue weighted by Gasteiger charge is 2.16. The Balaban J connectivity index is 2.10. The van der Waals surface area contributed by atoms with Gasteiger partial charge >= 0.3 is 0 Å². The van der Waals surface area contributed by atoms with Crippen LogP contribution in [-0.2, 0) is 6.54 Å². The van der Waals surface area contributed by atoms with Crippen molar-refractivity contribution < 1.29 is 0 Å². The lowest BCUT2D eigenvalue weighted by Crippen LogP contribution is -2.29. The van der Waals surface area contributed by atoms with Crippen LogP contribution in [0.3, 0.4) is 0 Å². The zero-order valence-corrected chi connectivity index (χ0v) is 13.4. The van der Waals surface area contributed by atoms with Gasteiger partial charge in [-0.2, -0.15) is 0 Å². The van der Waals surface area contributed by atoms with Gasteiger partial charge in [0.25, 0.3) is 0 Å². The van der Waals surface area contributed by atoms with Crippen LogP contribution in [0.1, 0.15) is 41.8 Å². The highest BCUT2D eigenvalue weighted by atomic mass is 32.1. The second kappa shape index (κ2) is 7.02. The van der Waals surface area contributed by atoms with Gasteiger partial charge < -0.3 is 5.73 Å². The van der Waals surface area contributed by atoms with Gasteiger partial charge in [-0.05, 0) is 35.5 Å². The van der Waals surface area contributed by atoms with Crippen molar-refractivity contribution in [3.05, 3.63) is 57.8 Å². The van der Waals surface area contributed by atoms with E-state index in [4.69, 9.17) is 5.73 Å². The number of thiophene rings is 1. The summed E-state index contributed by atoms with van der Waals surface area (Å²) in [5.74, 6) is 0.573. The Labute approximate surface area is 126 Å². The van der Waals surface area contributed by atoms with Crippen LogP contribution in [0.15, 0.2) is 41.8 Å². The third-order valence-electron chi connectivity index (χ3n) is 3.73. The molecule has 0 fully saturated rings. The molecule has 20 heavy (non-hydrogen) atoms. The standard InChI is InChI=1S/C17H24N2S/c1-13(2)14-6-8-15(9-7-14)17(11-18)19(3)12-16-5-4-10-20-16/h4-10,13,17H,11-12,18H2,1-3H3. The van der Waals surface area contributed by atoms with E-state index in [0.717, 1.165) is 6.54 Å². The largest absolute Gasteiger partial charge is 0.329 e. The van der Waals surface area contributed by atoms with E-state index < -0.39 is 0 Å². The summed E-state index contributed by atoms with van der Waals surface area (Å²) in [5, 5.41) is 2.12. The van der Waals surface area contributed by atoms with E-state index in [0.29, 0.717) is 12.5 Å². The lowest BCUT2D eigenvalue weighted by atomic mass is 9.98. The van der Waals surface area contributed by atoms with Crippen LogP contribution < -0.4 is 5.73 Å². The number of likely N-dealkylation sites (N-methyl/N-ethyl adjacent to an activating group) is 1. The molecule has 2 nitrogen and oxygen atoms in total. The van der Waals surface area contributed by atoms with E-state index in [1.54, 1.807) is 11.3 Å². The van der Waals surface area contributed by atoms with E-state index in [9.17, 15) is 0 Å². The van der Waals surface area contributed by atoms with Gasteiger partial charge in [-0.1, -0.05) is 44.2 Å². The van der Waals surface area contributed by atoms with Crippen LogP contribution in [0.25, 0.3) is 0 Å². The summed E-state index contributed by atoms with van der Waals surface area (Å²) in [5.41, 5.74) is 8.68. The Bertz CT molecular complexity index is 502. The maximum absolute atomic E-state index is 5.99. The lowest BCUT2D eigenvalue weighted by Gasteiger charge is -2.27. The molecule has 0 amide bonds. The number of nitrogens with zero attached hydrogens (tertiary/aromatic N) is 1. The lowest BCUT2D eigenvalue weighted by molar-refractivity contribution is 0.244. The molecule has 1 atom stereocenters. The molecule has 0 saturated carbocycles. The minimum Gasteiger partial charge on any atom is -0.329 e. The monoisotopic (exact) mass is 288 g/mol. The van der Waals surface area contributed by atoms with E-state index in [1.807, 2.05) is 0 Å². The van der Waals surface area contributed by atoms with Gasteiger partial charge in [0.1, 0.15) is 0 Å². The molecule has 0 aliphatic rings. The first-order chi connectivity index (χ1) is 9.61. The van der Waals surface area contributed by atoms with Gasteiger partial charge in [-0.3, -0.25) is 4.90 Å². The fourth-order valence-electron chi connectivity index (χ4n) is 2.43. The number of hydrogen-bond acceptors (Lipinski definition) is 3. The molecule has 1 aromatic carbocycles. The number of nitrogens with two attached hydrogens (primary N) is 1. The van der Waals surface area contributed by atoms with Crippen LogP contribution in [0.5, 0.6) is 0 Å². The van der Waals surface area contributed by atoms with Crippen molar-refractivity contribution in [3.8, 4) is 0 Å². The van der Waals surface area contributed by atoms with Crippen molar-refractivity contribution in [1.29, 1.82) is 0 Å². The minimum absolute atomic E-state index is 0.276. The molecule has 0 aliphatic carbocycles. The van der Waals surface area contributed by atoms with Gasteiger partial charge in [-0.25, -0.2) is 0 Å². The molecule has 0 aliphatic heterocycles. The topological polar surface area (TPSA) is 29.3 Å². The molecule has 0 bridgehead atoms. The Morgan fingerprint density at radius 1 is 1.10 bits per heavy atom. The molecule has 0 spiro atoms. The van der Waals surface area contributed by atoms with Crippen LogP contribution in [0.4, 0.5) is 0 Å². The summed E-state index contributed by atoms with van der Waals surface area (Å²) in [6.45, 7) is 6.03. The van der Waals surface area contributed by atoms with Crippen LogP contribution in [0.2, 0.25) is 0 Å². The summed E-state index contributed by atoms with van der Waals surface area (Å²) in [4.78, 5) is 3.71. The summed E-state index contributed by atoms with van der Waals surface area (Å²) in [6, 6.07) is 13.4. The molecule has 108 valence electrons. The van der Waals surface area contributed by atoms with Crippen molar-refractivity contribution in [2.45, 2.75) is 32.4 Å². The zero-order valence-electron chi connectivity index (χ0n) is 12.5. The quantitative estimate of drug-likeness (QED) is 0.870. The fourth-order valence-corrected chi connectivity index (χ4v) is 3.20. The third-order valence-corrected chi connectivity index (χ3v) is 4.59. The van der Waals surface area contributed by atoms with E-state index in [-0.39, 0.29) is 6.04 Å². The first kappa shape index (κ1) is 15.2. The predicted molar refractivity (Wildman–Crippen MR) is 88.1 cm³/mol. The first-order valence-electron chi connectivity index (χ1n) is 7.14.